The molecule has 0 radical (unpaired) electrons. The smallest absolute Gasteiger partial charge is 0.404 e. The molecule has 0 heterocycles. The highest BCUT2D eigenvalue weighted by molar-refractivity contribution is 9.10. The molecule has 1 saturated carbocycles. The predicted molar refractivity (Wildman–Crippen MR) is 86.6 cm³/mol. The van der Waals surface area contributed by atoms with Crippen molar-refractivity contribution in [3.63, 3.8) is 0 Å². The summed E-state index contributed by atoms with van der Waals surface area (Å²) in [6.07, 6.45) is 2.35. The molecular formula is C14H19BrN4O3. The molecule has 2 amide bonds. The third-order valence-electron chi connectivity index (χ3n) is 3.77. The summed E-state index contributed by atoms with van der Waals surface area (Å²) < 4.78 is 0.867. The number of halogens is 1. The van der Waals surface area contributed by atoms with Crippen molar-refractivity contribution >= 4 is 33.6 Å². The van der Waals surface area contributed by atoms with Crippen LogP contribution in [0.4, 0.5) is 10.5 Å². The van der Waals surface area contributed by atoms with Gasteiger partial charge in [-0.1, -0.05) is 0 Å². The minimum atomic E-state index is -0.973. The Morgan fingerprint density at radius 2 is 1.82 bits per heavy atom. The van der Waals surface area contributed by atoms with Crippen LogP contribution < -0.4 is 21.9 Å². The Bertz CT molecular complexity index is 559. The third-order valence-corrected chi connectivity index (χ3v) is 4.47. The lowest BCUT2D eigenvalue weighted by molar-refractivity contribution is 0.0953. The Hall–Kier alpha value is -1.80. The van der Waals surface area contributed by atoms with Gasteiger partial charge in [0.05, 0.1) is 0 Å². The zero-order valence-corrected chi connectivity index (χ0v) is 13.5. The lowest BCUT2D eigenvalue weighted by Crippen LogP contribution is -2.39. The maximum Gasteiger partial charge on any atom is 0.404 e. The SMILES string of the molecule is NNC(=O)c1ccc(Br)c(NC2CCC(NC(=O)O)CC2)c1. The number of nitrogens with two attached hydrogens (primary N) is 1. The van der Waals surface area contributed by atoms with Crippen LogP contribution >= 0.6 is 15.9 Å². The molecule has 6 N–H and O–H groups in total. The van der Waals surface area contributed by atoms with E-state index in [2.05, 4.69) is 32.0 Å². The van der Waals surface area contributed by atoms with Crippen molar-refractivity contribution < 1.29 is 14.7 Å². The molecule has 0 aromatic heterocycles. The van der Waals surface area contributed by atoms with Gasteiger partial charge in [-0.3, -0.25) is 10.2 Å². The zero-order valence-electron chi connectivity index (χ0n) is 11.9. The molecule has 2 rings (SSSR count). The van der Waals surface area contributed by atoms with E-state index < -0.39 is 6.09 Å². The van der Waals surface area contributed by atoms with Crippen molar-refractivity contribution in [1.82, 2.24) is 10.7 Å². The number of hydrogen-bond donors (Lipinski definition) is 5. The molecule has 1 aliphatic rings. The van der Waals surface area contributed by atoms with Gasteiger partial charge < -0.3 is 15.7 Å². The molecule has 0 unspecified atom stereocenters. The fourth-order valence-electron chi connectivity index (χ4n) is 2.64. The van der Waals surface area contributed by atoms with E-state index in [-0.39, 0.29) is 18.0 Å². The van der Waals surface area contributed by atoms with Crippen LogP contribution in [0.2, 0.25) is 0 Å². The Balaban J connectivity index is 1.97. The first-order chi connectivity index (χ1) is 10.5. The van der Waals surface area contributed by atoms with Crippen molar-refractivity contribution in [2.45, 2.75) is 37.8 Å². The van der Waals surface area contributed by atoms with Gasteiger partial charge >= 0.3 is 6.09 Å². The fourth-order valence-corrected chi connectivity index (χ4v) is 3.00. The summed E-state index contributed by atoms with van der Waals surface area (Å²) in [5.41, 5.74) is 3.42. The number of benzene rings is 1. The molecule has 0 spiro atoms. The van der Waals surface area contributed by atoms with Gasteiger partial charge in [0.1, 0.15) is 0 Å². The predicted octanol–water partition coefficient (Wildman–Crippen LogP) is 2.04. The standard InChI is InChI=1S/C14H19BrN4O3/c15-11-6-1-8(13(20)19-16)7-12(11)17-9-2-4-10(5-3-9)18-14(21)22/h1,6-7,9-10,17-18H,2-5,16H2,(H,19,20)(H,21,22). The Kier molecular flexibility index (Phi) is 5.62. The second-order valence-electron chi connectivity index (χ2n) is 5.31. The lowest BCUT2D eigenvalue weighted by atomic mass is 9.91. The molecule has 8 heteroatoms. The summed E-state index contributed by atoms with van der Waals surface area (Å²) in [5, 5.41) is 14.6. The van der Waals surface area contributed by atoms with Crippen molar-refractivity contribution in [3.8, 4) is 0 Å². The highest BCUT2D eigenvalue weighted by Crippen LogP contribution is 2.28. The maximum atomic E-state index is 11.6. The van der Waals surface area contributed by atoms with E-state index in [1.165, 1.54) is 0 Å². The third kappa shape index (κ3) is 4.35. The lowest BCUT2D eigenvalue weighted by Gasteiger charge is -2.30. The molecule has 1 fully saturated rings. The van der Waals surface area contributed by atoms with Crippen LogP contribution in [0.5, 0.6) is 0 Å². The summed E-state index contributed by atoms with van der Waals surface area (Å²) in [6, 6.07) is 5.50. The van der Waals surface area contributed by atoms with E-state index >= 15 is 0 Å². The number of amides is 2. The highest BCUT2D eigenvalue weighted by atomic mass is 79.9. The van der Waals surface area contributed by atoms with Crippen LogP contribution in [0, 0.1) is 0 Å². The molecular weight excluding hydrogens is 352 g/mol. The Morgan fingerprint density at radius 3 is 2.41 bits per heavy atom. The quantitative estimate of drug-likeness (QED) is 0.316. The number of rotatable bonds is 4. The molecule has 1 aromatic rings. The summed E-state index contributed by atoms with van der Waals surface area (Å²) in [7, 11) is 0. The zero-order chi connectivity index (χ0) is 16.1. The van der Waals surface area contributed by atoms with Crippen molar-refractivity contribution in [2.75, 3.05) is 5.32 Å². The van der Waals surface area contributed by atoms with Crippen LogP contribution in [0.25, 0.3) is 0 Å². The highest BCUT2D eigenvalue weighted by Gasteiger charge is 2.22. The molecule has 1 aromatic carbocycles. The van der Waals surface area contributed by atoms with Crippen LogP contribution in [0.15, 0.2) is 22.7 Å². The van der Waals surface area contributed by atoms with Gasteiger partial charge in [-0.15, -0.1) is 0 Å². The van der Waals surface area contributed by atoms with Gasteiger partial charge in [-0.05, 0) is 59.8 Å². The van der Waals surface area contributed by atoms with Gasteiger partial charge in [0.15, 0.2) is 0 Å². The van der Waals surface area contributed by atoms with E-state index in [0.717, 1.165) is 35.8 Å². The molecule has 7 nitrogen and oxygen atoms in total. The Morgan fingerprint density at radius 1 is 1.18 bits per heavy atom. The van der Waals surface area contributed by atoms with Crippen molar-refractivity contribution in [1.29, 1.82) is 0 Å². The molecule has 1 aliphatic carbocycles. The van der Waals surface area contributed by atoms with Crippen molar-refractivity contribution in [2.24, 2.45) is 5.84 Å². The van der Waals surface area contributed by atoms with Gasteiger partial charge in [0, 0.05) is 27.8 Å². The van der Waals surface area contributed by atoms with Gasteiger partial charge in [0.2, 0.25) is 0 Å². The first-order valence-electron chi connectivity index (χ1n) is 7.06. The van der Waals surface area contributed by atoms with E-state index in [1.807, 2.05) is 0 Å². The first-order valence-corrected chi connectivity index (χ1v) is 7.85. The number of hydrazine groups is 1. The second kappa shape index (κ2) is 7.46. The van der Waals surface area contributed by atoms with Gasteiger partial charge in [0.25, 0.3) is 5.91 Å². The number of carbonyl (C=O) groups is 2. The monoisotopic (exact) mass is 370 g/mol. The fraction of sp³-hybridized carbons (Fsp3) is 0.429. The minimum Gasteiger partial charge on any atom is -0.465 e. The van der Waals surface area contributed by atoms with Crippen LogP contribution in [-0.2, 0) is 0 Å². The average molecular weight is 371 g/mol. The summed E-state index contributed by atoms with van der Waals surface area (Å²) in [5.74, 6) is 4.80. The van der Waals surface area contributed by atoms with E-state index in [9.17, 15) is 9.59 Å². The first kappa shape index (κ1) is 16.6. The van der Waals surface area contributed by atoms with Gasteiger partial charge in [-0.2, -0.15) is 0 Å². The van der Waals surface area contributed by atoms with Crippen molar-refractivity contribution in [3.05, 3.63) is 28.2 Å². The van der Waals surface area contributed by atoms with E-state index in [4.69, 9.17) is 10.9 Å². The largest absolute Gasteiger partial charge is 0.465 e. The second-order valence-corrected chi connectivity index (χ2v) is 6.16. The average Bonchev–Trinajstić information content (AvgIpc) is 2.50. The van der Waals surface area contributed by atoms with E-state index in [1.54, 1.807) is 18.2 Å². The number of nitrogen functional groups attached to an aromatic ring is 1. The number of carbonyl (C=O) groups excluding carboxylic acids is 1. The minimum absolute atomic E-state index is 0.0216. The topological polar surface area (TPSA) is 116 Å². The molecule has 120 valence electrons. The summed E-state index contributed by atoms with van der Waals surface area (Å²) >= 11 is 3.46. The molecule has 0 atom stereocenters. The maximum absolute atomic E-state index is 11.6. The molecule has 22 heavy (non-hydrogen) atoms. The summed E-state index contributed by atoms with van der Waals surface area (Å²) in [6.45, 7) is 0. The molecule has 0 aliphatic heterocycles. The number of hydrogen-bond acceptors (Lipinski definition) is 4. The molecule has 0 saturated heterocycles. The van der Waals surface area contributed by atoms with Gasteiger partial charge in [-0.25, -0.2) is 10.6 Å². The van der Waals surface area contributed by atoms with Crippen LogP contribution in [0.1, 0.15) is 36.0 Å². The van der Waals surface area contributed by atoms with Crippen LogP contribution in [0.3, 0.4) is 0 Å². The summed E-state index contributed by atoms with van der Waals surface area (Å²) in [4.78, 5) is 22.2. The normalized spacial score (nSPS) is 21.0. The number of nitrogens with one attached hydrogen (secondary N) is 3. The number of carboxylic acid groups (broad SMARTS) is 1. The molecule has 0 bridgehead atoms. The Labute approximate surface area is 136 Å². The van der Waals surface area contributed by atoms with Crippen LogP contribution in [-0.4, -0.2) is 29.2 Å². The number of anilines is 1. The van der Waals surface area contributed by atoms with E-state index in [0.29, 0.717) is 5.56 Å².